The van der Waals surface area contributed by atoms with Crippen LogP contribution in [0.2, 0.25) is 0 Å². The first-order chi connectivity index (χ1) is 9.90. The molecule has 0 saturated carbocycles. The number of anilines is 1. The van der Waals surface area contributed by atoms with Gasteiger partial charge in [-0.3, -0.25) is 0 Å². The molecule has 1 aliphatic rings. The van der Waals surface area contributed by atoms with Gasteiger partial charge < -0.3 is 10.0 Å². The Morgan fingerprint density at radius 1 is 1.48 bits per heavy atom. The predicted molar refractivity (Wildman–Crippen MR) is 83.9 cm³/mol. The maximum absolute atomic E-state index is 11.8. The van der Waals surface area contributed by atoms with E-state index < -0.39 is 12.0 Å². The molecule has 0 aromatic carbocycles. The molecule has 1 aliphatic heterocycles. The van der Waals surface area contributed by atoms with Gasteiger partial charge in [0.05, 0.1) is 5.39 Å². The second-order valence-electron chi connectivity index (χ2n) is 6.30. The minimum Gasteiger partial charge on any atom is -0.480 e. The van der Waals surface area contributed by atoms with Crippen LogP contribution >= 0.6 is 11.3 Å². The van der Waals surface area contributed by atoms with Gasteiger partial charge in [0, 0.05) is 11.4 Å². The molecule has 0 amide bonds. The van der Waals surface area contributed by atoms with Crippen LogP contribution in [0.5, 0.6) is 0 Å². The molecule has 0 radical (unpaired) electrons. The fourth-order valence-electron chi connectivity index (χ4n) is 3.28. The lowest BCUT2D eigenvalue weighted by Gasteiger charge is -2.44. The third-order valence-corrected chi connectivity index (χ3v) is 5.17. The number of rotatable bonds is 2. The molecular weight excluding hydrogens is 286 g/mol. The molecule has 0 aliphatic carbocycles. The number of aryl methyl sites for hydroxylation is 1. The number of thiophene rings is 1. The van der Waals surface area contributed by atoms with E-state index in [-0.39, 0.29) is 5.41 Å². The van der Waals surface area contributed by atoms with Crippen molar-refractivity contribution >= 4 is 33.3 Å². The van der Waals surface area contributed by atoms with Crippen molar-refractivity contribution in [3.63, 3.8) is 0 Å². The fraction of sp³-hybridized carbons (Fsp3) is 0.533. The second-order valence-corrected chi connectivity index (χ2v) is 7.53. The zero-order valence-electron chi connectivity index (χ0n) is 12.5. The zero-order chi connectivity index (χ0) is 15.2. The van der Waals surface area contributed by atoms with Crippen LogP contribution in [0.15, 0.2) is 12.4 Å². The van der Waals surface area contributed by atoms with E-state index in [4.69, 9.17) is 0 Å². The van der Waals surface area contributed by atoms with Crippen LogP contribution in [0.4, 0.5) is 5.82 Å². The van der Waals surface area contributed by atoms with E-state index in [1.54, 1.807) is 11.3 Å². The van der Waals surface area contributed by atoms with Crippen molar-refractivity contribution in [1.82, 2.24) is 9.97 Å². The first-order valence-corrected chi connectivity index (χ1v) is 7.92. The largest absolute Gasteiger partial charge is 0.480 e. The molecule has 1 unspecified atom stereocenters. The Bertz CT molecular complexity index is 695. The van der Waals surface area contributed by atoms with Crippen molar-refractivity contribution < 1.29 is 9.90 Å². The standard InChI is InChI=1S/C15H19N3O2S/c1-9-7-10-12(16-8-17-13(10)21-9)18-6-4-5-15(2,3)11(18)14(19)20/h7-8,11H,4-6H2,1-3H3,(H,19,20). The predicted octanol–water partition coefficient (Wildman–Crippen LogP) is 3.08. The summed E-state index contributed by atoms with van der Waals surface area (Å²) >= 11 is 1.61. The van der Waals surface area contributed by atoms with Gasteiger partial charge in [-0.25, -0.2) is 14.8 Å². The number of aliphatic carboxylic acids is 1. The quantitative estimate of drug-likeness (QED) is 0.923. The van der Waals surface area contributed by atoms with Crippen molar-refractivity contribution in [3.05, 3.63) is 17.3 Å². The molecule has 6 heteroatoms. The van der Waals surface area contributed by atoms with Crippen molar-refractivity contribution in [2.75, 3.05) is 11.4 Å². The molecule has 3 heterocycles. The number of carboxylic acid groups (broad SMARTS) is 1. The van der Waals surface area contributed by atoms with E-state index in [9.17, 15) is 9.90 Å². The molecule has 0 spiro atoms. The van der Waals surface area contributed by atoms with E-state index >= 15 is 0 Å². The smallest absolute Gasteiger partial charge is 0.326 e. The van der Waals surface area contributed by atoms with Crippen molar-refractivity contribution in [3.8, 4) is 0 Å². The van der Waals surface area contributed by atoms with E-state index in [0.29, 0.717) is 0 Å². The number of carboxylic acids is 1. The van der Waals surface area contributed by atoms with Crippen LogP contribution < -0.4 is 4.90 Å². The Kier molecular flexibility index (Phi) is 3.36. The van der Waals surface area contributed by atoms with Gasteiger partial charge in [0.1, 0.15) is 23.0 Å². The normalized spacial score (nSPS) is 21.7. The first kappa shape index (κ1) is 14.3. The summed E-state index contributed by atoms with van der Waals surface area (Å²) in [4.78, 5) is 24.5. The number of piperidine rings is 1. The average molecular weight is 305 g/mol. The molecular formula is C15H19N3O2S. The van der Waals surface area contributed by atoms with Gasteiger partial charge >= 0.3 is 5.97 Å². The van der Waals surface area contributed by atoms with E-state index in [1.165, 1.54) is 6.33 Å². The van der Waals surface area contributed by atoms with Gasteiger partial charge in [-0.15, -0.1) is 11.3 Å². The van der Waals surface area contributed by atoms with Crippen molar-refractivity contribution in [1.29, 1.82) is 0 Å². The first-order valence-electron chi connectivity index (χ1n) is 7.11. The van der Waals surface area contributed by atoms with Gasteiger partial charge in [0.15, 0.2) is 0 Å². The molecule has 112 valence electrons. The second kappa shape index (κ2) is 4.94. The summed E-state index contributed by atoms with van der Waals surface area (Å²) in [5, 5.41) is 10.7. The van der Waals surface area contributed by atoms with Crippen molar-refractivity contribution in [2.24, 2.45) is 5.41 Å². The minimum atomic E-state index is -0.779. The maximum Gasteiger partial charge on any atom is 0.326 e. The molecule has 1 atom stereocenters. The lowest BCUT2D eigenvalue weighted by molar-refractivity contribution is -0.142. The molecule has 2 aromatic rings. The number of hydrogen-bond acceptors (Lipinski definition) is 5. The lowest BCUT2D eigenvalue weighted by Crippen LogP contribution is -2.54. The van der Waals surface area contributed by atoms with Gasteiger partial charge in [-0.1, -0.05) is 13.8 Å². The van der Waals surface area contributed by atoms with Crippen LogP contribution in [-0.4, -0.2) is 33.6 Å². The third-order valence-electron chi connectivity index (χ3n) is 4.21. The Hall–Kier alpha value is -1.69. The molecule has 1 saturated heterocycles. The summed E-state index contributed by atoms with van der Waals surface area (Å²) in [5.74, 6) is -0.0251. The molecule has 21 heavy (non-hydrogen) atoms. The van der Waals surface area contributed by atoms with E-state index in [0.717, 1.165) is 40.3 Å². The summed E-state index contributed by atoms with van der Waals surface area (Å²) in [6.45, 7) is 6.80. The Balaban J connectivity index is 2.13. The van der Waals surface area contributed by atoms with E-state index in [2.05, 4.69) is 16.0 Å². The van der Waals surface area contributed by atoms with Gasteiger partial charge in [-0.05, 0) is 31.2 Å². The Labute approximate surface area is 127 Å². The highest BCUT2D eigenvalue weighted by Crippen LogP contribution is 2.40. The SMILES string of the molecule is Cc1cc2c(N3CCCC(C)(C)C3C(=O)O)ncnc2s1. The molecule has 1 N–H and O–H groups in total. The summed E-state index contributed by atoms with van der Waals surface area (Å²) in [7, 11) is 0. The highest BCUT2D eigenvalue weighted by atomic mass is 32.1. The average Bonchev–Trinajstić information content (AvgIpc) is 2.76. The monoisotopic (exact) mass is 305 g/mol. The van der Waals surface area contributed by atoms with Crippen LogP contribution in [-0.2, 0) is 4.79 Å². The van der Waals surface area contributed by atoms with Gasteiger partial charge in [-0.2, -0.15) is 0 Å². The summed E-state index contributed by atoms with van der Waals surface area (Å²) in [6.07, 6.45) is 3.43. The molecule has 3 rings (SSSR count). The molecule has 1 fully saturated rings. The number of carbonyl (C=O) groups is 1. The maximum atomic E-state index is 11.8. The van der Waals surface area contributed by atoms with Crippen LogP contribution in [0, 0.1) is 12.3 Å². The zero-order valence-corrected chi connectivity index (χ0v) is 13.3. The minimum absolute atomic E-state index is 0.271. The summed E-state index contributed by atoms with van der Waals surface area (Å²) < 4.78 is 0. The lowest BCUT2D eigenvalue weighted by atomic mass is 9.76. The number of hydrogen-bond donors (Lipinski definition) is 1. The Morgan fingerprint density at radius 2 is 2.24 bits per heavy atom. The fourth-order valence-corrected chi connectivity index (χ4v) is 4.12. The van der Waals surface area contributed by atoms with Gasteiger partial charge in [0.25, 0.3) is 0 Å². The summed E-state index contributed by atoms with van der Waals surface area (Å²) in [6, 6.07) is 1.50. The van der Waals surface area contributed by atoms with E-state index in [1.807, 2.05) is 25.7 Å². The highest BCUT2D eigenvalue weighted by molar-refractivity contribution is 7.18. The molecule has 0 bridgehead atoms. The topological polar surface area (TPSA) is 66.3 Å². The number of fused-ring (bicyclic) bond motifs is 1. The molecule has 2 aromatic heterocycles. The molecule has 5 nitrogen and oxygen atoms in total. The van der Waals surface area contributed by atoms with Gasteiger partial charge in [0.2, 0.25) is 0 Å². The highest BCUT2D eigenvalue weighted by Gasteiger charge is 2.43. The Morgan fingerprint density at radius 3 is 2.95 bits per heavy atom. The van der Waals surface area contributed by atoms with Crippen LogP contribution in [0.1, 0.15) is 31.6 Å². The van der Waals surface area contributed by atoms with Crippen molar-refractivity contribution in [2.45, 2.75) is 39.7 Å². The number of aromatic nitrogens is 2. The van der Waals surface area contributed by atoms with Crippen LogP contribution in [0.3, 0.4) is 0 Å². The summed E-state index contributed by atoms with van der Waals surface area (Å²) in [5.41, 5.74) is -0.271. The van der Waals surface area contributed by atoms with Crippen LogP contribution in [0.25, 0.3) is 10.2 Å². The third kappa shape index (κ3) is 2.37. The number of nitrogens with zero attached hydrogens (tertiary/aromatic N) is 3.